The Morgan fingerprint density at radius 1 is 0.423 bits per heavy atom. The van der Waals surface area contributed by atoms with Crippen molar-refractivity contribution in [1.82, 2.24) is 0 Å². The molecular formula is C44H38O6Si2. The van der Waals surface area contributed by atoms with Crippen molar-refractivity contribution in [3.63, 3.8) is 0 Å². The molecule has 0 spiro atoms. The number of ether oxygens (including phenoxy) is 2. The molecule has 52 heavy (non-hydrogen) atoms. The standard InChI is InChI=1S/C44H38O6Si2/c1-51(2,3)28-26-31-12-7-9-16-39(31)49-37-22-18-33(19-23-37)41(45)43(47)35-14-11-15-36(30-35)44(48)42(46)34-20-24-38(25-21-34)50-40-17-10-8-13-32(40)27-29-52(4,5)6/h7-25,30H,1-6H3. The minimum absolute atomic E-state index is 0.00137. The Labute approximate surface area is 306 Å². The molecule has 0 aliphatic heterocycles. The Morgan fingerprint density at radius 2 is 0.769 bits per heavy atom. The van der Waals surface area contributed by atoms with E-state index in [1.54, 1.807) is 24.3 Å². The van der Waals surface area contributed by atoms with Crippen molar-refractivity contribution in [3.05, 3.63) is 155 Å². The van der Waals surface area contributed by atoms with Crippen molar-refractivity contribution in [2.24, 2.45) is 0 Å². The molecule has 0 fully saturated rings. The number of Topliss-reactive ketones (excluding diaryl/α,β-unsaturated/α-hetero) is 4. The number of carbonyl (C=O) groups is 4. The highest BCUT2D eigenvalue weighted by Crippen LogP contribution is 2.27. The summed E-state index contributed by atoms with van der Waals surface area (Å²) < 4.78 is 12.1. The summed E-state index contributed by atoms with van der Waals surface area (Å²) in [5, 5.41) is 0. The molecule has 258 valence electrons. The second-order valence-electron chi connectivity index (χ2n) is 14.1. The molecule has 0 atom stereocenters. The van der Waals surface area contributed by atoms with Crippen molar-refractivity contribution >= 4 is 39.3 Å². The molecular weight excluding hydrogens is 681 g/mol. The number of ketones is 4. The Bertz CT molecular complexity index is 2130. The molecule has 0 unspecified atom stereocenters. The van der Waals surface area contributed by atoms with Gasteiger partial charge in [-0.2, -0.15) is 0 Å². The second kappa shape index (κ2) is 15.9. The molecule has 0 bridgehead atoms. The van der Waals surface area contributed by atoms with E-state index in [-0.39, 0.29) is 22.3 Å². The third-order valence-electron chi connectivity index (χ3n) is 7.41. The Kier molecular flexibility index (Phi) is 11.3. The summed E-state index contributed by atoms with van der Waals surface area (Å²) in [7, 11) is -3.19. The fraction of sp³-hybridized carbons (Fsp3) is 0.136. The van der Waals surface area contributed by atoms with Gasteiger partial charge in [-0.1, -0.05) is 93.6 Å². The lowest BCUT2D eigenvalue weighted by Gasteiger charge is -2.10. The molecule has 0 saturated heterocycles. The molecule has 8 heteroatoms. The molecule has 0 aromatic heterocycles. The first-order valence-corrected chi connectivity index (χ1v) is 23.8. The van der Waals surface area contributed by atoms with Crippen LogP contribution in [0.2, 0.25) is 39.3 Å². The van der Waals surface area contributed by atoms with Crippen LogP contribution in [0.4, 0.5) is 0 Å². The lowest BCUT2D eigenvalue weighted by molar-refractivity contribution is 0.0812. The second-order valence-corrected chi connectivity index (χ2v) is 23.6. The third kappa shape index (κ3) is 10.0. The van der Waals surface area contributed by atoms with E-state index in [0.29, 0.717) is 23.0 Å². The topological polar surface area (TPSA) is 86.7 Å². The summed E-state index contributed by atoms with van der Waals surface area (Å²) in [5.41, 5.74) is 8.52. The predicted molar refractivity (Wildman–Crippen MR) is 210 cm³/mol. The van der Waals surface area contributed by atoms with Crippen LogP contribution >= 0.6 is 0 Å². The van der Waals surface area contributed by atoms with Crippen molar-refractivity contribution in [3.8, 4) is 45.9 Å². The largest absolute Gasteiger partial charge is 0.456 e. The van der Waals surface area contributed by atoms with Gasteiger partial charge in [-0.15, -0.1) is 11.1 Å². The average molecular weight is 719 g/mol. The van der Waals surface area contributed by atoms with Crippen LogP contribution in [0.25, 0.3) is 0 Å². The van der Waals surface area contributed by atoms with Gasteiger partial charge < -0.3 is 9.47 Å². The highest BCUT2D eigenvalue weighted by molar-refractivity contribution is 6.84. The van der Waals surface area contributed by atoms with E-state index in [1.807, 2.05) is 48.5 Å². The molecule has 6 nitrogen and oxygen atoms in total. The van der Waals surface area contributed by atoms with Crippen molar-refractivity contribution in [1.29, 1.82) is 0 Å². The first-order valence-electron chi connectivity index (χ1n) is 16.8. The van der Waals surface area contributed by atoms with E-state index in [9.17, 15) is 19.2 Å². The first-order chi connectivity index (χ1) is 24.7. The quantitative estimate of drug-likeness (QED) is 0.0619. The summed E-state index contributed by atoms with van der Waals surface area (Å²) in [6.45, 7) is 13.0. The summed E-state index contributed by atoms with van der Waals surface area (Å²) >= 11 is 0. The zero-order valence-electron chi connectivity index (χ0n) is 30.0. The molecule has 0 heterocycles. The van der Waals surface area contributed by atoms with Crippen LogP contribution in [0.5, 0.6) is 23.0 Å². The monoisotopic (exact) mass is 718 g/mol. The fourth-order valence-corrected chi connectivity index (χ4v) is 5.78. The van der Waals surface area contributed by atoms with Crippen LogP contribution in [0.15, 0.2) is 121 Å². The van der Waals surface area contributed by atoms with Gasteiger partial charge in [0.2, 0.25) is 23.1 Å². The van der Waals surface area contributed by atoms with Crippen molar-refractivity contribution in [2.45, 2.75) is 39.3 Å². The molecule has 0 N–H and O–H groups in total. The molecule has 5 aromatic rings. The number of hydrogen-bond donors (Lipinski definition) is 0. The van der Waals surface area contributed by atoms with Gasteiger partial charge in [0.15, 0.2) is 0 Å². The molecule has 0 aliphatic carbocycles. The minimum atomic E-state index is -1.59. The lowest BCUT2D eigenvalue weighted by Crippen LogP contribution is -2.17. The Balaban J connectivity index is 1.25. The van der Waals surface area contributed by atoms with E-state index < -0.39 is 39.3 Å². The van der Waals surface area contributed by atoms with Crippen molar-refractivity contribution in [2.75, 3.05) is 0 Å². The maximum Gasteiger partial charge on any atom is 0.233 e. The first kappa shape index (κ1) is 37.2. The maximum absolute atomic E-state index is 13.2. The number of rotatable bonds is 10. The van der Waals surface area contributed by atoms with Crippen LogP contribution in [0, 0.1) is 22.9 Å². The van der Waals surface area contributed by atoms with E-state index >= 15 is 0 Å². The Hall–Kier alpha value is -6.07. The molecule has 5 rings (SSSR count). The van der Waals surface area contributed by atoms with Gasteiger partial charge in [0.1, 0.15) is 39.1 Å². The van der Waals surface area contributed by atoms with Gasteiger partial charge in [0.05, 0.1) is 11.1 Å². The van der Waals surface area contributed by atoms with E-state index in [1.165, 1.54) is 48.5 Å². The number of benzene rings is 5. The molecule has 0 amide bonds. The maximum atomic E-state index is 13.2. The smallest absolute Gasteiger partial charge is 0.233 e. The number of para-hydroxylation sites is 2. The summed E-state index contributed by atoms with van der Waals surface area (Å²) in [4.78, 5) is 52.8. The van der Waals surface area contributed by atoms with Gasteiger partial charge >= 0.3 is 0 Å². The van der Waals surface area contributed by atoms with Gasteiger partial charge in [-0.05, 0) is 78.9 Å². The van der Waals surface area contributed by atoms with Crippen LogP contribution in [0.3, 0.4) is 0 Å². The van der Waals surface area contributed by atoms with Gasteiger partial charge in [-0.3, -0.25) is 19.2 Å². The van der Waals surface area contributed by atoms with E-state index in [2.05, 4.69) is 62.2 Å². The normalized spacial score (nSPS) is 10.9. The molecule has 0 saturated carbocycles. The molecule has 0 aliphatic rings. The van der Waals surface area contributed by atoms with Crippen LogP contribution in [-0.2, 0) is 0 Å². The van der Waals surface area contributed by atoms with Crippen LogP contribution in [0.1, 0.15) is 52.6 Å². The van der Waals surface area contributed by atoms with Gasteiger partial charge in [0, 0.05) is 22.3 Å². The SMILES string of the molecule is C[Si](C)(C)C#Cc1ccccc1Oc1ccc(C(=O)C(=O)c2cccc(C(=O)C(=O)c3ccc(Oc4ccccc4C#C[Si](C)(C)C)cc3)c2)cc1. The molecule has 5 aromatic carbocycles. The minimum Gasteiger partial charge on any atom is -0.456 e. The number of hydrogen-bond acceptors (Lipinski definition) is 6. The average Bonchev–Trinajstić information content (AvgIpc) is 3.13. The fourth-order valence-electron chi connectivity index (χ4n) is 4.76. The van der Waals surface area contributed by atoms with Gasteiger partial charge in [0.25, 0.3) is 0 Å². The van der Waals surface area contributed by atoms with Gasteiger partial charge in [-0.25, -0.2) is 0 Å². The zero-order chi connectivity index (χ0) is 37.5. The van der Waals surface area contributed by atoms with E-state index in [4.69, 9.17) is 9.47 Å². The lowest BCUT2D eigenvalue weighted by atomic mass is 9.96. The van der Waals surface area contributed by atoms with Crippen molar-refractivity contribution < 1.29 is 28.7 Å². The highest BCUT2D eigenvalue weighted by Gasteiger charge is 2.23. The highest BCUT2D eigenvalue weighted by atomic mass is 28.3. The number of carbonyl (C=O) groups excluding carboxylic acids is 4. The molecule has 0 radical (unpaired) electrons. The summed E-state index contributed by atoms with van der Waals surface area (Å²) in [6, 6.07) is 33.1. The zero-order valence-corrected chi connectivity index (χ0v) is 32.0. The van der Waals surface area contributed by atoms with Crippen LogP contribution in [-0.4, -0.2) is 39.3 Å². The predicted octanol–water partition coefficient (Wildman–Crippen LogP) is 9.86. The van der Waals surface area contributed by atoms with Crippen LogP contribution < -0.4 is 9.47 Å². The third-order valence-corrected chi connectivity index (χ3v) is 9.16. The summed E-state index contributed by atoms with van der Waals surface area (Å²) in [5.74, 6) is 5.45. The van der Waals surface area contributed by atoms with E-state index in [0.717, 1.165) is 11.1 Å². The Morgan fingerprint density at radius 3 is 1.13 bits per heavy atom. The summed E-state index contributed by atoms with van der Waals surface area (Å²) in [6.07, 6.45) is 0.